The quantitative estimate of drug-likeness (QED) is 0.687. The molecule has 3 heterocycles. The molecule has 1 unspecified atom stereocenters. The van der Waals surface area contributed by atoms with Crippen LogP contribution >= 0.6 is 22.9 Å². The molecule has 26 heavy (non-hydrogen) atoms. The van der Waals surface area contributed by atoms with Crippen molar-refractivity contribution in [1.82, 2.24) is 20.2 Å². The lowest BCUT2D eigenvalue weighted by atomic mass is 10.1. The number of benzene rings is 1. The standard InChI is InChI=1S/C18H19ClN4O2S/c1-11-2-3-23(11)18(24)20-7-13-4-12-5-15(19)17(6-16(12)22-13)25-8-14-9-26-10-21-14/h4-6,9-11,22H,2-3,7-8H2,1H3,(H,20,24). The van der Waals surface area contributed by atoms with Gasteiger partial charge in [-0.2, -0.15) is 0 Å². The Bertz CT molecular complexity index is 925. The van der Waals surface area contributed by atoms with E-state index < -0.39 is 0 Å². The maximum atomic E-state index is 12.1. The highest BCUT2D eigenvalue weighted by Gasteiger charge is 2.27. The zero-order valence-electron chi connectivity index (χ0n) is 14.3. The van der Waals surface area contributed by atoms with Gasteiger partial charge in [0.15, 0.2) is 0 Å². The number of rotatable bonds is 5. The maximum absolute atomic E-state index is 12.1. The Labute approximate surface area is 160 Å². The largest absolute Gasteiger partial charge is 0.486 e. The number of nitrogens with zero attached hydrogens (tertiary/aromatic N) is 2. The first-order chi connectivity index (χ1) is 12.6. The van der Waals surface area contributed by atoms with E-state index in [1.807, 2.05) is 28.5 Å². The molecule has 8 heteroatoms. The van der Waals surface area contributed by atoms with Gasteiger partial charge in [0.05, 0.1) is 22.8 Å². The Hall–Kier alpha value is -2.25. The van der Waals surface area contributed by atoms with Gasteiger partial charge in [0.1, 0.15) is 12.4 Å². The molecule has 1 atom stereocenters. The predicted molar refractivity (Wildman–Crippen MR) is 103 cm³/mol. The number of H-pyrrole nitrogens is 1. The van der Waals surface area contributed by atoms with E-state index in [4.69, 9.17) is 16.3 Å². The van der Waals surface area contributed by atoms with Crippen molar-refractivity contribution in [3.05, 3.63) is 45.5 Å². The molecule has 0 bridgehead atoms. The molecular weight excluding hydrogens is 372 g/mol. The van der Waals surface area contributed by atoms with Crippen molar-refractivity contribution < 1.29 is 9.53 Å². The number of amides is 2. The van der Waals surface area contributed by atoms with E-state index in [9.17, 15) is 4.79 Å². The molecule has 2 amide bonds. The van der Waals surface area contributed by atoms with Crippen LogP contribution in [0.5, 0.6) is 5.75 Å². The van der Waals surface area contributed by atoms with E-state index >= 15 is 0 Å². The first kappa shape index (κ1) is 17.2. The van der Waals surface area contributed by atoms with Gasteiger partial charge in [-0.15, -0.1) is 11.3 Å². The molecule has 0 aliphatic carbocycles. The summed E-state index contributed by atoms with van der Waals surface area (Å²) in [4.78, 5) is 21.4. The number of aromatic amines is 1. The average molecular weight is 391 g/mol. The van der Waals surface area contributed by atoms with E-state index in [0.29, 0.717) is 30.0 Å². The van der Waals surface area contributed by atoms with Gasteiger partial charge in [0.25, 0.3) is 0 Å². The first-order valence-corrected chi connectivity index (χ1v) is 9.77. The maximum Gasteiger partial charge on any atom is 0.317 e. The van der Waals surface area contributed by atoms with Crippen molar-refractivity contribution in [3.63, 3.8) is 0 Å². The average Bonchev–Trinajstić information content (AvgIpc) is 3.25. The number of likely N-dealkylation sites (tertiary alicyclic amines) is 1. The number of thiazole rings is 1. The Kier molecular flexibility index (Phi) is 4.74. The lowest BCUT2D eigenvalue weighted by molar-refractivity contribution is 0.124. The van der Waals surface area contributed by atoms with Gasteiger partial charge in [0, 0.05) is 40.6 Å². The summed E-state index contributed by atoms with van der Waals surface area (Å²) in [6, 6.07) is 6.05. The van der Waals surface area contributed by atoms with Gasteiger partial charge in [-0.1, -0.05) is 11.6 Å². The van der Waals surface area contributed by atoms with E-state index in [0.717, 1.165) is 35.3 Å². The van der Waals surface area contributed by atoms with Crippen molar-refractivity contribution >= 4 is 39.9 Å². The summed E-state index contributed by atoms with van der Waals surface area (Å²) in [7, 11) is 0. The van der Waals surface area contributed by atoms with E-state index in [1.165, 1.54) is 11.3 Å². The van der Waals surface area contributed by atoms with Crippen LogP contribution in [0.2, 0.25) is 5.02 Å². The van der Waals surface area contributed by atoms with Crippen LogP contribution in [0.3, 0.4) is 0 Å². The molecule has 0 spiro atoms. The molecule has 4 rings (SSSR count). The highest BCUT2D eigenvalue weighted by molar-refractivity contribution is 7.07. The third kappa shape index (κ3) is 3.50. The molecule has 0 radical (unpaired) electrons. The lowest BCUT2D eigenvalue weighted by Gasteiger charge is -2.38. The summed E-state index contributed by atoms with van der Waals surface area (Å²) in [6.07, 6.45) is 1.07. The molecule has 1 saturated heterocycles. The number of urea groups is 1. The fourth-order valence-corrected chi connectivity index (χ4v) is 3.72. The Morgan fingerprint density at radius 3 is 3.08 bits per heavy atom. The number of aromatic nitrogens is 2. The molecule has 1 aromatic carbocycles. The fraction of sp³-hybridized carbons (Fsp3) is 0.333. The first-order valence-electron chi connectivity index (χ1n) is 8.45. The van der Waals surface area contributed by atoms with Crippen molar-refractivity contribution in [2.45, 2.75) is 32.5 Å². The Morgan fingerprint density at radius 2 is 2.38 bits per heavy atom. The Morgan fingerprint density at radius 1 is 1.50 bits per heavy atom. The second-order valence-corrected chi connectivity index (χ2v) is 7.55. The smallest absolute Gasteiger partial charge is 0.317 e. The summed E-state index contributed by atoms with van der Waals surface area (Å²) in [6.45, 7) is 3.71. The van der Waals surface area contributed by atoms with Gasteiger partial charge in [-0.25, -0.2) is 9.78 Å². The zero-order chi connectivity index (χ0) is 18.1. The molecule has 2 aromatic heterocycles. The molecule has 0 saturated carbocycles. The number of hydrogen-bond donors (Lipinski definition) is 2. The highest BCUT2D eigenvalue weighted by atomic mass is 35.5. The van der Waals surface area contributed by atoms with Gasteiger partial charge >= 0.3 is 6.03 Å². The molecule has 1 aliphatic heterocycles. The molecule has 136 valence electrons. The van der Waals surface area contributed by atoms with Gasteiger partial charge in [0.2, 0.25) is 0 Å². The molecule has 1 aliphatic rings. The third-order valence-electron chi connectivity index (χ3n) is 4.60. The summed E-state index contributed by atoms with van der Waals surface area (Å²) in [5.41, 5.74) is 4.50. The van der Waals surface area contributed by atoms with Crippen LogP contribution in [0.1, 0.15) is 24.7 Å². The van der Waals surface area contributed by atoms with Crippen LogP contribution in [0.4, 0.5) is 4.79 Å². The summed E-state index contributed by atoms with van der Waals surface area (Å²) >= 11 is 7.86. The van der Waals surface area contributed by atoms with Gasteiger partial charge in [-0.3, -0.25) is 0 Å². The van der Waals surface area contributed by atoms with E-state index in [1.54, 1.807) is 5.51 Å². The van der Waals surface area contributed by atoms with Gasteiger partial charge in [-0.05, 0) is 25.5 Å². The number of carbonyl (C=O) groups is 1. The minimum atomic E-state index is -0.0206. The topological polar surface area (TPSA) is 70.2 Å². The minimum Gasteiger partial charge on any atom is -0.486 e. The number of carbonyl (C=O) groups excluding carboxylic acids is 1. The zero-order valence-corrected chi connectivity index (χ0v) is 15.9. The van der Waals surface area contributed by atoms with Crippen molar-refractivity contribution in [2.24, 2.45) is 0 Å². The number of hydrogen-bond acceptors (Lipinski definition) is 4. The van der Waals surface area contributed by atoms with E-state index in [-0.39, 0.29) is 6.03 Å². The molecule has 3 aromatic rings. The summed E-state index contributed by atoms with van der Waals surface area (Å²) < 4.78 is 5.78. The second kappa shape index (κ2) is 7.17. The molecular formula is C18H19ClN4O2S. The lowest BCUT2D eigenvalue weighted by Crippen LogP contribution is -2.53. The molecule has 1 fully saturated rings. The number of nitrogens with one attached hydrogen (secondary N) is 2. The number of halogens is 1. The molecule has 6 nitrogen and oxygen atoms in total. The van der Waals surface area contributed by atoms with Crippen LogP contribution in [-0.2, 0) is 13.2 Å². The van der Waals surface area contributed by atoms with Crippen molar-refractivity contribution in [2.75, 3.05) is 6.54 Å². The Balaban J connectivity index is 1.43. The molecule has 2 N–H and O–H groups in total. The minimum absolute atomic E-state index is 0.0206. The second-order valence-electron chi connectivity index (χ2n) is 6.42. The van der Waals surface area contributed by atoms with Gasteiger partial charge < -0.3 is 19.9 Å². The van der Waals surface area contributed by atoms with E-state index in [2.05, 4.69) is 22.2 Å². The van der Waals surface area contributed by atoms with Crippen molar-refractivity contribution in [1.29, 1.82) is 0 Å². The predicted octanol–water partition coefficient (Wildman–Crippen LogP) is 4.16. The van der Waals surface area contributed by atoms with Crippen LogP contribution < -0.4 is 10.1 Å². The number of ether oxygens (including phenoxy) is 1. The summed E-state index contributed by atoms with van der Waals surface area (Å²) in [5.74, 6) is 0.610. The summed E-state index contributed by atoms with van der Waals surface area (Å²) in [5, 5.41) is 6.43. The van der Waals surface area contributed by atoms with Crippen LogP contribution in [0.25, 0.3) is 10.9 Å². The fourth-order valence-electron chi connectivity index (χ4n) is 2.95. The third-order valence-corrected chi connectivity index (χ3v) is 5.53. The number of fused-ring (bicyclic) bond motifs is 1. The normalized spacial score (nSPS) is 16.5. The van der Waals surface area contributed by atoms with Crippen LogP contribution in [-0.4, -0.2) is 33.5 Å². The van der Waals surface area contributed by atoms with Crippen LogP contribution in [0.15, 0.2) is 29.1 Å². The van der Waals surface area contributed by atoms with Crippen LogP contribution in [0, 0.1) is 0 Å². The van der Waals surface area contributed by atoms with Crippen molar-refractivity contribution in [3.8, 4) is 5.75 Å². The monoisotopic (exact) mass is 390 g/mol. The SMILES string of the molecule is CC1CCN1C(=O)NCc1cc2cc(Cl)c(OCc3cscn3)cc2[nH]1. The highest BCUT2D eigenvalue weighted by Crippen LogP contribution is 2.31.